The van der Waals surface area contributed by atoms with Gasteiger partial charge < -0.3 is 10.6 Å². The largest absolute Gasteiger partial charge is 0.356 e. The van der Waals surface area contributed by atoms with E-state index in [4.69, 9.17) is 0 Å². The van der Waals surface area contributed by atoms with Gasteiger partial charge >= 0.3 is 0 Å². The number of aromatic nitrogens is 1. The van der Waals surface area contributed by atoms with Crippen molar-refractivity contribution in [1.82, 2.24) is 15.6 Å². The van der Waals surface area contributed by atoms with Crippen LogP contribution in [0.3, 0.4) is 0 Å². The first kappa shape index (κ1) is 16.0. The van der Waals surface area contributed by atoms with Gasteiger partial charge in [-0.05, 0) is 26.2 Å². The smallest absolute Gasteiger partial charge is 0.190 e. The van der Waals surface area contributed by atoms with Crippen LogP contribution in [0.1, 0.15) is 35.8 Å². The Balaban J connectivity index is 2.26. The average Bonchev–Trinajstić information content (AvgIpc) is 2.66. The summed E-state index contributed by atoms with van der Waals surface area (Å²) in [7, 11) is 1.81. The Morgan fingerprint density at radius 1 is 1.26 bits per heavy atom. The van der Waals surface area contributed by atoms with Gasteiger partial charge in [0.05, 0.1) is 10.7 Å². The molecule has 0 amide bonds. The van der Waals surface area contributed by atoms with E-state index in [1.807, 2.05) is 7.05 Å². The van der Waals surface area contributed by atoms with Crippen LogP contribution in [0.5, 0.6) is 0 Å². The van der Waals surface area contributed by atoms with E-state index in [1.165, 1.54) is 9.88 Å². The maximum absolute atomic E-state index is 4.54. The van der Waals surface area contributed by atoms with Gasteiger partial charge in [0.1, 0.15) is 0 Å². The minimum Gasteiger partial charge on any atom is -0.356 e. The highest BCUT2D eigenvalue weighted by molar-refractivity contribution is 7.11. The Bertz CT molecular complexity index is 390. The molecule has 2 N–H and O–H groups in total. The van der Waals surface area contributed by atoms with Crippen molar-refractivity contribution in [3.05, 3.63) is 15.6 Å². The molecule has 0 atom stereocenters. The molecule has 0 bridgehead atoms. The van der Waals surface area contributed by atoms with Crippen LogP contribution in [0.4, 0.5) is 0 Å². The van der Waals surface area contributed by atoms with Gasteiger partial charge in [0, 0.05) is 31.4 Å². The normalized spacial score (nSPS) is 12.0. The molecule has 0 aliphatic carbocycles. The van der Waals surface area contributed by atoms with Gasteiger partial charge in [-0.1, -0.05) is 13.8 Å². The van der Waals surface area contributed by atoms with Crippen molar-refractivity contribution in [3.8, 4) is 0 Å². The summed E-state index contributed by atoms with van der Waals surface area (Å²) in [6.45, 7) is 10.5. The zero-order valence-corrected chi connectivity index (χ0v) is 13.5. The van der Waals surface area contributed by atoms with Crippen molar-refractivity contribution >= 4 is 17.3 Å². The van der Waals surface area contributed by atoms with Crippen molar-refractivity contribution < 1.29 is 0 Å². The maximum Gasteiger partial charge on any atom is 0.190 e. The van der Waals surface area contributed by atoms with E-state index in [-0.39, 0.29) is 0 Å². The summed E-state index contributed by atoms with van der Waals surface area (Å²) in [5.41, 5.74) is 1.15. The predicted molar refractivity (Wildman–Crippen MR) is 84.1 cm³/mol. The second-order valence-corrected chi connectivity index (χ2v) is 6.40. The van der Waals surface area contributed by atoms with Crippen LogP contribution in [0.2, 0.25) is 0 Å². The lowest BCUT2D eigenvalue weighted by molar-refractivity contribution is 0.573. The van der Waals surface area contributed by atoms with E-state index in [2.05, 4.69) is 48.3 Å². The summed E-state index contributed by atoms with van der Waals surface area (Å²) in [4.78, 5) is 10.1. The number of hydrogen-bond donors (Lipinski definition) is 2. The third-order valence-corrected chi connectivity index (χ3v) is 4.07. The minimum atomic E-state index is 0.715. The number of nitrogens with one attached hydrogen (secondary N) is 2. The monoisotopic (exact) mass is 282 g/mol. The fraction of sp³-hybridized carbons (Fsp3) is 0.714. The van der Waals surface area contributed by atoms with Gasteiger partial charge in [-0.15, -0.1) is 11.3 Å². The number of guanidine groups is 1. The van der Waals surface area contributed by atoms with Gasteiger partial charge in [-0.2, -0.15) is 0 Å². The lowest BCUT2D eigenvalue weighted by Crippen LogP contribution is -2.39. The topological polar surface area (TPSA) is 49.3 Å². The molecule has 19 heavy (non-hydrogen) atoms. The Hall–Kier alpha value is -1.10. The molecular formula is C14H26N4S. The van der Waals surface area contributed by atoms with Crippen LogP contribution in [0, 0.1) is 19.8 Å². The Labute approximate surface area is 120 Å². The first-order valence-corrected chi connectivity index (χ1v) is 7.72. The van der Waals surface area contributed by atoms with E-state index >= 15 is 0 Å². The molecule has 108 valence electrons. The fourth-order valence-electron chi connectivity index (χ4n) is 1.63. The molecule has 0 saturated carbocycles. The van der Waals surface area contributed by atoms with E-state index in [0.29, 0.717) is 5.92 Å². The molecule has 0 fully saturated rings. The molecule has 0 aromatic carbocycles. The zero-order valence-electron chi connectivity index (χ0n) is 12.7. The molecule has 0 aliphatic heterocycles. The number of hydrogen-bond acceptors (Lipinski definition) is 3. The predicted octanol–water partition coefficient (Wildman–Crippen LogP) is 2.51. The molecule has 1 aromatic heterocycles. The molecule has 1 rings (SSSR count). The van der Waals surface area contributed by atoms with Crippen molar-refractivity contribution in [2.24, 2.45) is 10.9 Å². The maximum atomic E-state index is 4.54. The number of aliphatic imine (C=N–C) groups is 1. The molecule has 1 aromatic rings. The summed E-state index contributed by atoms with van der Waals surface area (Å²) in [5.74, 6) is 1.59. The molecular weight excluding hydrogens is 256 g/mol. The first-order valence-electron chi connectivity index (χ1n) is 6.90. The van der Waals surface area contributed by atoms with Crippen molar-refractivity contribution in [1.29, 1.82) is 0 Å². The van der Waals surface area contributed by atoms with Crippen LogP contribution in [-0.4, -0.2) is 31.1 Å². The minimum absolute atomic E-state index is 0.715. The summed E-state index contributed by atoms with van der Waals surface area (Å²) in [6.07, 6.45) is 2.11. The average molecular weight is 282 g/mol. The van der Waals surface area contributed by atoms with E-state index in [9.17, 15) is 0 Å². The lowest BCUT2D eigenvalue weighted by atomic mass is 10.1. The summed E-state index contributed by atoms with van der Waals surface area (Å²) < 4.78 is 0. The molecule has 5 heteroatoms. The number of rotatable bonds is 6. The molecule has 4 nitrogen and oxygen atoms in total. The number of aryl methyl sites for hydroxylation is 2. The van der Waals surface area contributed by atoms with E-state index in [0.717, 1.165) is 37.6 Å². The molecule has 0 radical (unpaired) electrons. The highest BCUT2D eigenvalue weighted by Gasteiger charge is 2.04. The fourth-order valence-corrected chi connectivity index (χ4v) is 2.57. The lowest BCUT2D eigenvalue weighted by Gasteiger charge is -2.12. The number of thiazole rings is 1. The quantitative estimate of drug-likeness (QED) is 0.622. The highest BCUT2D eigenvalue weighted by atomic mass is 32.1. The van der Waals surface area contributed by atoms with Crippen LogP contribution in [-0.2, 0) is 6.42 Å². The van der Waals surface area contributed by atoms with Gasteiger partial charge in [0.25, 0.3) is 0 Å². The molecule has 0 spiro atoms. The van der Waals surface area contributed by atoms with Crippen molar-refractivity contribution in [2.45, 2.75) is 40.5 Å². The Morgan fingerprint density at radius 3 is 2.47 bits per heavy atom. The second kappa shape index (κ2) is 8.15. The SMILES string of the molecule is CN=C(NCCc1nc(C)c(C)s1)NCCC(C)C. The third-order valence-electron chi connectivity index (χ3n) is 2.94. The number of nitrogens with zero attached hydrogens (tertiary/aromatic N) is 2. The van der Waals surface area contributed by atoms with Crippen molar-refractivity contribution in [3.63, 3.8) is 0 Å². The summed E-state index contributed by atoms with van der Waals surface area (Å²) in [5, 5.41) is 7.85. The van der Waals surface area contributed by atoms with Crippen molar-refractivity contribution in [2.75, 3.05) is 20.1 Å². The van der Waals surface area contributed by atoms with Crippen LogP contribution in [0.25, 0.3) is 0 Å². The standard InChI is InChI=1S/C14H26N4S/c1-10(2)6-8-16-14(15-5)17-9-7-13-18-11(3)12(4)19-13/h10H,6-9H2,1-5H3,(H2,15,16,17). The van der Waals surface area contributed by atoms with Crippen LogP contribution >= 0.6 is 11.3 Å². The first-order chi connectivity index (χ1) is 9.02. The summed E-state index contributed by atoms with van der Waals surface area (Å²) >= 11 is 1.78. The molecule has 0 aliphatic rings. The van der Waals surface area contributed by atoms with Gasteiger partial charge in [0.2, 0.25) is 0 Å². The van der Waals surface area contributed by atoms with Crippen LogP contribution in [0.15, 0.2) is 4.99 Å². The highest BCUT2D eigenvalue weighted by Crippen LogP contribution is 2.16. The molecule has 1 heterocycles. The zero-order chi connectivity index (χ0) is 14.3. The van der Waals surface area contributed by atoms with Gasteiger partial charge in [-0.25, -0.2) is 4.98 Å². The van der Waals surface area contributed by atoms with E-state index in [1.54, 1.807) is 11.3 Å². The Kier molecular flexibility index (Phi) is 6.84. The van der Waals surface area contributed by atoms with Crippen LogP contribution < -0.4 is 10.6 Å². The summed E-state index contributed by atoms with van der Waals surface area (Å²) in [6, 6.07) is 0. The Morgan fingerprint density at radius 2 is 1.95 bits per heavy atom. The van der Waals surface area contributed by atoms with Gasteiger partial charge in [0.15, 0.2) is 5.96 Å². The van der Waals surface area contributed by atoms with E-state index < -0.39 is 0 Å². The second-order valence-electron chi connectivity index (χ2n) is 5.11. The molecule has 0 unspecified atom stereocenters. The van der Waals surface area contributed by atoms with Gasteiger partial charge in [-0.3, -0.25) is 4.99 Å². The third kappa shape index (κ3) is 6.05. The molecule has 0 saturated heterocycles.